The molecule has 2 heteroatoms. The van der Waals surface area contributed by atoms with Crippen LogP contribution in [-0.4, -0.2) is 6.54 Å². The third kappa shape index (κ3) is 3.23. The van der Waals surface area contributed by atoms with Crippen molar-refractivity contribution in [2.75, 3.05) is 6.54 Å². The summed E-state index contributed by atoms with van der Waals surface area (Å²) in [4.78, 5) is 0. The predicted octanol–water partition coefficient (Wildman–Crippen LogP) is 4.43. The molecule has 0 radical (unpaired) electrons. The average Bonchev–Trinajstić information content (AvgIpc) is 2.25. The van der Waals surface area contributed by atoms with E-state index in [1.54, 1.807) is 0 Å². The number of halogens is 1. The van der Waals surface area contributed by atoms with E-state index in [1.807, 2.05) is 12.1 Å². The minimum atomic E-state index is 0.237. The SMILES string of the molecule is CCNC(c1cccc(Cl)c1)C(C)(C)CC. The fraction of sp³-hybridized carbons (Fsp3) is 0.571. The predicted molar refractivity (Wildman–Crippen MR) is 71.9 cm³/mol. The van der Waals surface area contributed by atoms with Crippen molar-refractivity contribution >= 4 is 11.6 Å². The van der Waals surface area contributed by atoms with Crippen molar-refractivity contribution in [3.63, 3.8) is 0 Å². The maximum Gasteiger partial charge on any atom is 0.0409 e. The highest BCUT2D eigenvalue weighted by molar-refractivity contribution is 6.30. The van der Waals surface area contributed by atoms with Crippen LogP contribution in [-0.2, 0) is 0 Å². The van der Waals surface area contributed by atoms with Crippen LogP contribution in [0.1, 0.15) is 45.7 Å². The Morgan fingerprint density at radius 2 is 2.00 bits per heavy atom. The summed E-state index contributed by atoms with van der Waals surface area (Å²) in [6.07, 6.45) is 1.14. The number of hydrogen-bond donors (Lipinski definition) is 1. The van der Waals surface area contributed by atoms with Gasteiger partial charge in [0.15, 0.2) is 0 Å². The molecular weight excluding hydrogens is 218 g/mol. The lowest BCUT2D eigenvalue weighted by Crippen LogP contribution is -2.33. The van der Waals surface area contributed by atoms with Crippen molar-refractivity contribution in [1.29, 1.82) is 0 Å². The molecular formula is C14H22ClN. The minimum Gasteiger partial charge on any atom is -0.310 e. The number of nitrogens with one attached hydrogen (secondary N) is 1. The Labute approximate surface area is 104 Å². The molecule has 1 rings (SSSR count). The van der Waals surface area contributed by atoms with Gasteiger partial charge in [-0.2, -0.15) is 0 Å². The Morgan fingerprint density at radius 1 is 1.31 bits per heavy atom. The van der Waals surface area contributed by atoms with Crippen LogP contribution in [0.3, 0.4) is 0 Å². The summed E-state index contributed by atoms with van der Waals surface area (Å²) in [5.74, 6) is 0. The normalized spacial score (nSPS) is 13.8. The van der Waals surface area contributed by atoms with Gasteiger partial charge in [-0.1, -0.05) is 51.4 Å². The van der Waals surface area contributed by atoms with Crippen LogP contribution in [0.2, 0.25) is 5.02 Å². The zero-order valence-corrected chi connectivity index (χ0v) is 11.4. The van der Waals surface area contributed by atoms with Crippen LogP contribution in [0.4, 0.5) is 0 Å². The summed E-state index contributed by atoms with van der Waals surface area (Å²) in [6.45, 7) is 9.93. The Kier molecular flexibility index (Phi) is 4.82. The van der Waals surface area contributed by atoms with Crippen molar-refractivity contribution in [1.82, 2.24) is 5.32 Å². The van der Waals surface area contributed by atoms with E-state index >= 15 is 0 Å². The highest BCUT2D eigenvalue weighted by atomic mass is 35.5. The lowest BCUT2D eigenvalue weighted by atomic mass is 9.78. The standard InChI is InChI=1S/C14H22ClN/c1-5-14(3,4)13(16-6-2)11-8-7-9-12(15)10-11/h7-10,13,16H,5-6H2,1-4H3. The fourth-order valence-corrected chi connectivity index (χ4v) is 2.14. The largest absolute Gasteiger partial charge is 0.310 e. The van der Waals surface area contributed by atoms with E-state index in [9.17, 15) is 0 Å². The molecule has 0 spiro atoms. The maximum absolute atomic E-state index is 6.05. The smallest absolute Gasteiger partial charge is 0.0409 e. The van der Waals surface area contributed by atoms with Gasteiger partial charge in [0, 0.05) is 11.1 Å². The van der Waals surface area contributed by atoms with E-state index in [-0.39, 0.29) is 5.41 Å². The van der Waals surface area contributed by atoms with Gasteiger partial charge in [-0.05, 0) is 36.1 Å². The second-order valence-electron chi connectivity index (χ2n) is 4.89. The highest BCUT2D eigenvalue weighted by Gasteiger charge is 2.28. The first-order chi connectivity index (χ1) is 7.51. The summed E-state index contributed by atoms with van der Waals surface area (Å²) < 4.78 is 0. The molecule has 16 heavy (non-hydrogen) atoms. The first-order valence-corrected chi connectivity index (χ1v) is 6.38. The average molecular weight is 240 g/mol. The van der Waals surface area contributed by atoms with Crippen LogP contribution >= 0.6 is 11.6 Å². The van der Waals surface area contributed by atoms with Gasteiger partial charge in [-0.15, -0.1) is 0 Å². The molecule has 0 aliphatic rings. The monoisotopic (exact) mass is 239 g/mol. The van der Waals surface area contributed by atoms with E-state index in [4.69, 9.17) is 11.6 Å². The molecule has 1 aromatic rings. The molecule has 90 valence electrons. The van der Waals surface area contributed by atoms with Gasteiger partial charge in [0.25, 0.3) is 0 Å². The van der Waals surface area contributed by atoms with E-state index in [0.29, 0.717) is 6.04 Å². The third-order valence-electron chi connectivity index (χ3n) is 3.28. The first-order valence-electron chi connectivity index (χ1n) is 6.00. The van der Waals surface area contributed by atoms with Crippen molar-refractivity contribution < 1.29 is 0 Å². The Morgan fingerprint density at radius 3 is 2.50 bits per heavy atom. The quantitative estimate of drug-likeness (QED) is 0.802. The van der Waals surface area contributed by atoms with Gasteiger partial charge >= 0.3 is 0 Å². The Balaban J connectivity index is 3.02. The van der Waals surface area contributed by atoms with E-state index in [1.165, 1.54) is 5.56 Å². The topological polar surface area (TPSA) is 12.0 Å². The van der Waals surface area contributed by atoms with Crippen LogP contribution in [0.5, 0.6) is 0 Å². The zero-order valence-electron chi connectivity index (χ0n) is 10.7. The number of hydrogen-bond acceptors (Lipinski definition) is 1. The molecule has 0 heterocycles. The lowest BCUT2D eigenvalue weighted by Gasteiger charge is -2.34. The third-order valence-corrected chi connectivity index (χ3v) is 3.52. The van der Waals surface area contributed by atoms with E-state index in [2.05, 4.69) is 45.1 Å². The molecule has 0 amide bonds. The minimum absolute atomic E-state index is 0.237. The molecule has 0 aliphatic carbocycles. The Bertz CT molecular complexity index is 333. The summed E-state index contributed by atoms with van der Waals surface area (Å²) in [5, 5.41) is 4.37. The van der Waals surface area contributed by atoms with Crippen LogP contribution in [0, 0.1) is 5.41 Å². The lowest BCUT2D eigenvalue weighted by molar-refractivity contribution is 0.237. The molecule has 0 aromatic heterocycles. The molecule has 1 atom stereocenters. The number of rotatable bonds is 5. The van der Waals surface area contributed by atoms with Crippen LogP contribution < -0.4 is 5.32 Å². The van der Waals surface area contributed by atoms with E-state index in [0.717, 1.165) is 18.0 Å². The molecule has 0 fully saturated rings. The summed E-state index contributed by atoms with van der Waals surface area (Å²) >= 11 is 6.05. The molecule has 0 aliphatic heterocycles. The van der Waals surface area contributed by atoms with Crippen LogP contribution in [0.15, 0.2) is 24.3 Å². The molecule has 0 bridgehead atoms. The first kappa shape index (κ1) is 13.5. The molecule has 1 unspecified atom stereocenters. The van der Waals surface area contributed by atoms with Crippen molar-refractivity contribution in [3.05, 3.63) is 34.9 Å². The Hall–Kier alpha value is -0.530. The van der Waals surface area contributed by atoms with Gasteiger partial charge in [-0.25, -0.2) is 0 Å². The summed E-state index contributed by atoms with van der Waals surface area (Å²) in [5.41, 5.74) is 1.52. The van der Waals surface area contributed by atoms with Gasteiger partial charge in [-0.3, -0.25) is 0 Å². The summed E-state index contributed by atoms with van der Waals surface area (Å²) in [6, 6.07) is 8.52. The van der Waals surface area contributed by atoms with Gasteiger partial charge in [0.1, 0.15) is 0 Å². The summed E-state index contributed by atoms with van der Waals surface area (Å²) in [7, 11) is 0. The highest BCUT2D eigenvalue weighted by Crippen LogP contribution is 2.36. The molecule has 0 saturated heterocycles. The second kappa shape index (κ2) is 5.70. The fourth-order valence-electron chi connectivity index (χ4n) is 1.94. The van der Waals surface area contributed by atoms with E-state index < -0.39 is 0 Å². The van der Waals surface area contributed by atoms with Crippen molar-refractivity contribution in [2.24, 2.45) is 5.41 Å². The van der Waals surface area contributed by atoms with Crippen molar-refractivity contribution in [2.45, 2.75) is 40.2 Å². The molecule has 1 aromatic carbocycles. The molecule has 1 nitrogen and oxygen atoms in total. The zero-order chi connectivity index (χ0) is 12.2. The molecule has 1 N–H and O–H groups in total. The van der Waals surface area contributed by atoms with Crippen molar-refractivity contribution in [3.8, 4) is 0 Å². The van der Waals surface area contributed by atoms with Gasteiger partial charge in [0.2, 0.25) is 0 Å². The van der Waals surface area contributed by atoms with Gasteiger partial charge < -0.3 is 5.32 Å². The second-order valence-corrected chi connectivity index (χ2v) is 5.32. The molecule has 0 saturated carbocycles. The van der Waals surface area contributed by atoms with Crippen LogP contribution in [0.25, 0.3) is 0 Å². The number of benzene rings is 1. The maximum atomic E-state index is 6.05. The van der Waals surface area contributed by atoms with Gasteiger partial charge in [0.05, 0.1) is 0 Å².